The molecule has 3 aromatic rings. The van der Waals surface area contributed by atoms with Gasteiger partial charge in [0.05, 0.1) is 17.2 Å². The summed E-state index contributed by atoms with van der Waals surface area (Å²) in [6.07, 6.45) is 2.58. The Bertz CT molecular complexity index is 1060. The third-order valence-corrected chi connectivity index (χ3v) is 3.61. The fourth-order valence-corrected chi connectivity index (χ4v) is 2.28. The van der Waals surface area contributed by atoms with Crippen molar-refractivity contribution in [2.75, 3.05) is 5.43 Å². The topological polar surface area (TPSA) is 104 Å². The third-order valence-electron chi connectivity index (χ3n) is 3.37. The number of benzene rings is 1. The van der Waals surface area contributed by atoms with Crippen LogP contribution in [0.2, 0.25) is 5.02 Å². The summed E-state index contributed by atoms with van der Waals surface area (Å²) in [6.45, 7) is 3.79. The number of hydrazone groups is 1. The predicted molar refractivity (Wildman–Crippen MR) is 94.0 cm³/mol. The van der Waals surface area contributed by atoms with Crippen LogP contribution in [0.4, 0.5) is 5.88 Å². The number of rotatable bonds is 4. The minimum Gasteiger partial charge on any atom is -0.463 e. The quantitative estimate of drug-likeness (QED) is 0.562. The number of hydrogen-bond donors (Lipinski definition) is 1. The maximum Gasteiger partial charge on any atom is 0.252 e. The summed E-state index contributed by atoms with van der Waals surface area (Å²) >= 11 is 5.91. The van der Waals surface area contributed by atoms with Gasteiger partial charge >= 0.3 is 0 Å². The Balaban J connectivity index is 1.88. The zero-order valence-corrected chi connectivity index (χ0v) is 14.2. The fourth-order valence-electron chi connectivity index (χ4n) is 2.10. The van der Waals surface area contributed by atoms with Gasteiger partial charge in [-0.15, -0.1) is 0 Å². The first-order valence-electron chi connectivity index (χ1n) is 7.40. The van der Waals surface area contributed by atoms with E-state index in [4.69, 9.17) is 25.7 Å². The number of nitrogens with zero attached hydrogens (tertiary/aromatic N) is 3. The lowest BCUT2D eigenvalue weighted by Gasteiger charge is -1.99. The van der Waals surface area contributed by atoms with Crippen molar-refractivity contribution in [3.63, 3.8) is 0 Å². The largest absolute Gasteiger partial charge is 0.463 e. The molecule has 0 fully saturated rings. The molecule has 0 radical (unpaired) electrons. The van der Waals surface area contributed by atoms with Gasteiger partial charge in [0.15, 0.2) is 0 Å². The van der Waals surface area contributed by atoms with Crippen molar-refractivity contribution in [2.45, 2.75) is 19.8 Å². The summed E-state index contributed by atoms with van der Waals surface area (Å²) < 4.78 is 10.8. The Morgan fingerprint density at radius 2 is 2.24 bits per heavy atom. The zero-order valence-electron chi connectivity index (χ0n) is 13.4. The fraction of sp³-hybridized carbons (Fsp3) is 0.176. The lowest BCUT2D eigenvalue weighted by molar-refractivity contribution is 0.481. The van der Waals surface area contributed by atoms with Gasteiger partial charge in [0.2, 0.25) is 17.0 Å². The molecule has 1 aromatic carbocycles. The monoisotopic (exact) mass is 356 g/mol. The first kappa shape index (κ1) is 16.7. The number of fused-ring (bicyclic) bond motifs is 1. The molecule has 0 amide bonds. The van der Waals surface area contributed by atoms with E-state index in [1.807, 2.05) is 19.9 Å². The second kappa shape index (κ2) is 6.79. The molecule has 3 rings (SSSR count). The molecule has 0 unspecified atom stereocenters. The standard InChI is InChI=1S/C17H13ClN4O3/c1-9(2)16-21-13(6-19)17(25-16)22-20-7-10-8-24-14-4-3-11(18)5-12(14)15(10)23/h3-5,7-9,22H,1-2H3/b20-7+. The SMILES string of the molecule is CC(C)c1nc(C#N)c(N/N=C/c2coc3ccc(Cl)cc3c2=O)o1. The van der Waals surface area contributed by atoms with Crippen LogP contribution in [-0.4, -0.2) is 11.2 Å². The summed E-state index contributed by atoms with van der Waals surface area (Å²) in [5.41, 5.74) is 3.07. The van der Waals surface area contributed by atoms with Crippen molar-refractivity contribution in [3.05, 3.63) is 56.9 Å². The number of anilines is 1. The molecule has 0 aliphatic heterocycles. The highest BCUT2D eigenvalue weighted by Crippen LogP contribution is 2.22. The average molecular weight is 357 g/mol. The molecule has 8 heteroatoms. The maximum absolute atomic E-state index is 12.4. The average Bonchev–Trinajstić information content (AvgIpc) is 3.01. The number of nitrogens with one attached hydrogen (secondary N) is 1. The van der Waals surface area contributed by atoms with E-state index >= 15 is 0 Å². The molecule has 0 aliphatic rings. The van der Waals surface area contributed by atoms with Gasteiger partial charge in [0.25, 0.3) is 5.88 Å². The van der Waals surface area contributed by atoms with Crippen molar-refractivity contribution in [1.29, 1.82) is 5.26 Å². The summed E-state index contributed by atoms with van der Waals surface area (Å²) in [4.78, 5) is 16.5. The highest BCUT2D eigenvalue weighted by molar-refractivity contribution is 6.31. The summed E-state index contributed by atoms with van der Waals surface area (Å²) in [7, 11) is 0. The second-order valence-electron chi connectivity index (χ2n) is 5.53. The molecule has 0 atom stereocenters. The smallest absolute Gasteiger partial charge is 0.252 e. The highest BCUT2D eigenvalue weighted by Gasteiger charge is 2.14. The highest BCUT2D eigenvalue weighted by atomic mass is 35.5. The second-order valence-corrected chi connectivity index (χ2v) is 5.96. The van der Waals surface area contributed by atoms with Crippen molar-refractivity contribution < 1.29 is 8.83 Å². The van der Waals surface area contributed by atoms with Gasteiger partial charge in [-0.2, -0.15) is 10.4 Å². The van der Waals surface area contributed by atoms with Crippen molar-refractivity contribution in [2.24, 2.45) is 5.10 Å². The van der Waals surface area contributed by atoms with Crippen LogP contribution in [0.25, 0.3) is 11.0 Å². The van der Waals surface area contributed by atoms with Gasteiger partial charge in [0, 0.05) is 10.9 Å². The van der Waals surface area contributed by atoms with Crippen LogP contribution in [0.3, 0.4) is 0 Å². The number of hydrogen-bond acceptors (Lipinski definition) is 7. The Labute approximate surface area is 147 Å². The Kier molecular flexibility index (Phi) is 4.55. The molecule has 25 heavy (non-hydrogen) atoms. The van der Waals surface area contributed by atoms with Crippen LogP contribution < -0.4 is 10.9 Å². The van der Waals surface area contributed by atoms with E-state index < -0.39 is 0 Å². The van der Waals surface area contributed by atoms with Gasteiger partial charge < -0.3 is 8.83 Å². The van der Waals surface area contributed by atoms with Crippen molar-refractivity contribution in [3.8, 4) is 6.07 Å². The molecule has 0 bridgehead atoms. The van der Waals surface area contributed by atoms with Gasteiger partial charge in [-0.25, -0.2) is 10.4 Å². The molecule has 7 nitrogen and oxygen atoms in total. The number of aromatic nitrogens is 1. The number of oxazole rings is 1. The molecule has 0 spiro atoms. The van der Waals surface area contributed by atoms with E-state index in [2.05, 4.69) is 15.5 Å². The lowest BCUT2D eigenvalue weighted by Crippen LogP contribution is -2.08. The van der Waals surface area contributed by atoms with Crippen LogP contribution in [-0.2, 0) is 0 Å². The Morgan fingerprint density at radius 1 is 1.44 bits per heavy atom. The van der Waals surface area contributed by atoms with Gasteiger partial charge in [-0.3, -0.25) is 4.79 Å². The third kappa shape index (κ3) is 3.39. The van der Waals surface area contributed by atoms with Gasteiger partial charge in [0.1, 0.15) is 17.9 Å². The van der Waals surface area contributed by atoms with Gasteiger partial charge in [-0.1, -0.05) is 25.4 Å². The Hall–Kier alpha value is -3.11. The normalized spacial score (nSPS) is 11.3. The van der Waals surface area contributed by atoms with Crippen LogP contribution >= 0.6 is 11.6 Å². The van der Waals surface area contributed by atoms with E-state index in [1.54, 1.807) is 12.1 Å². The van der Waals surface area contributed by atoms with Crippen LogP contribution in [0.15, 0.2) is 43.2 Å². The minimum atomic E-state index is -0.268. The number of halogens is 1. The minimum absolute atomic E-state index is 0.0314. The van der Waals surface area contributed by atoms with E-state index in [0.717, 1.165) is 0 Å². The molecule has 0 aliphatic carbocycles. The maximum atomic E-state index is 12.4. The summed E-state index contributed by atoms with van der Waals surface area (Å²) in [6, 6.07) is 6.72. The van der Waals surface area contributed by atoms with Crippen molar-refractivity contribution in [1.82, 2.24) is 4.98 Å². The molecule has 1 N–H and O–H groups in total. The molecule has 0 saturated carbocycles. The van der Waals surface area contributed by atoms with E-state index in [-0.39, 0.29) is 28.5 Å². The van der Waals surface area contributed by atoms with E-state index in [0.29, 0.717) is 21.9 Å². The van der Waals surface area contributed by atoms with E-state index in [9.17, 15) is 4.79 Å². The summed E-state index contributed by atoms with van der Waals surface area (Å²) in [5.74, 6) is 0.577. The first-order chi connectivity index (χ1) is 12.0. The van der Waals surface area contributed by atoms with E-state index in [1.165, 1.54) is 18.5 Å². The molecule has 0 saturated heterocycles. The summed E-state index contributed by atoms with van der Waals surface area (Å²) in [5, 5.41) is 13.8. The number of nitriles is 1. The predicted octanol–water partition coefficient (Wildman–Crippen LogP) is 3.88. The molecular weight excluding hydrogens is 344 g/mol. The van der Waals surface area contributed by atoms with Crippen molar-refractivity contribution >= 4 is 34.7 Å². The van der Waals surface area contributed by atoms with Crippen LogP contribution in [0.1, 0.15) is 36.9 Å². The zero-order chi connectivity index (χ0) is 18.0. The van der Waals surface area contributed by atoms with Crippen LogP contribution in [0, 0.1) is 11.3 Å². The lowest BCUT2D eigenvalue weighted by atomic mass is 10.2. The molecule has 2 aromatic heterocycles. The first-order valence-corrected chi connectivity index (χ1v) is 7.78. The molecule has 126 valence electrons. The molecule has 2 heterocycles. The van der Waals surface area contributed by atoms with Crippen LogP contribution in [0.5, 0.6) is 0 Å². The molecular formula is C17H13ClN4O3. The Morgan fingerprint density at radius 3 is 2.96 bits per heavy atom. The van der Waals surface area contributed by atoms with Gasteiger partial charge in [-0.05, 0) is 18.2 Å².